The van der Waals surface area contributed by atoms with E-state index in [-0.39, 0.29) is 11.3 Å². The summed E-state index contributed by atoms with van der Waals surface area (Å²) in [5.74, 6) is 5.70. The van der Waals surface area contributed by atoms with Crippen LogP contribution in [0.4, 0.5) is 5.69 Å². The monoisotopic (exact) mass is 250 g/mol. The van der Waals surface area contributed by atoms with E-state index in [0.29, 0.717) is 23.7 Å². The van der Waals surface area contributed by atoms with Crippen LogP contribution in [0.3, 0.4) is 0 Å². The fourth-order valence-corrected chi connectivity index (χ4v) is 1.31. The Morgan fingerprint density at radius 3 is 2.72 bits per heavy atom. The Hall–Kier alpha value is -1.62. The van der Waals surface area contributed by atoms with E-state index in [1.165, 1.54) is 6.20 Å². The first-order chi connectivity index (χ1) is 8.38. The van der Waals surface area contributed by atoms with Gasteiger partial charge in [-0.05, 0) is 17.4 Å². The zero-order valence-electron chi connectivity index (χ0n) is 11.4. The first kappa shape index (κ1) is 14.4. The predicted molar refractivity (Wildman–Crippen MR) is 73.0 cm³/mol. The van der Waals surface area contributed by atoms with Crippen molar-refractivity contribution in [3.8, 4) is 0 Å². The van der Waals surface area contributed by atoms with Gasteiger partial charge in [0.25, 0.3) is 5.91 Å². The number of nitrogens with zero attached hydrogens (tertiary/aromatic N) is 1. The third-order valence-electron chi connectivity index (χ3n) is 3.49. The Morgan fingerprint density at radius 1 is 1.50 bits per heavy atom. The first-order valence-corrected chi connectivity index (χ1v) is 6.07. The number of rotatable bonds is 5. The molecule has 0 atom stereocenters. The highest BCUT2D eigenvalue weighted by atomic mass is 16.1. The SMILES string of the molecule is CC(C)C(C)(C)CNC(=O)c1ccncc1NN. The summed E-state index contributed by atoms with van der Waals surface area (Å²) in [6, 6.07) is 1.65. The van der Waals surface area contributed by atoms with E-state index in [1.54, 1.807) is 12.3 Å². The van der Waals surface area contributed by atoms with Gasteiger partial charge in [0.1, 0.15) is 0 Å². The molecule has 5 heteroatoms. The molecule has 1 aromatic rings. The molecule has 0 spiro atoms. The lowest BCUT2D eigenvalue weighted by Gasteiger charge is -2.29. The highest BCUT2D eigenvalue weighted by Crippen LogP contribution is 2.25. The predicted octanol–water partition coefficient (Wildman–Crippen LogP) is 1.78. The van der Waals surface area contributed by atoms with Crippen molar-refractivity contribution < 1.29 is 4.79 Å². The highest BCUT2D eigenvalue weighted by molar-refractivity contribution is 5.99. The maximum atomic E-state index is 12.1. The number of nitrogens with one attached hydrogen (secondary N) is 2. The van der Waals surface area contributed by atoms with Gasteiger partial charge in [-0.25, -0.2) is 0 Å². The van der Waals surface area contributed by atoms with Gasteiger partial charge in [0.05, 0.1) is 17.4 Å². The molecule has 0 saturated carbocycles. The number of pyridine rings is 1. The number of anilines is 1. The molecule has 5 nitrogen and oxygen atoms in total. The van der Waals surface area contributed by atoms with Gasteiger partial charge in [-0.15, -0.1) is 0 Å². The van der Waals surface area contributed by atoms with Gasteiger partial charge in [-0.1, -0.05) is 27.7 Å². The molecule has 1 amide bonds. The smallest absolute Gasteiger partial charge is 0.253 e. The average molecular weight is 250 g/mol. The van der Waals surface area contributed by atoms with E-state index in [2.05, 4.69) is 43.4 Å². The zero-order valence-corrected chi connectivity index (χ0v) is 11.4. The number of amides is 1. The standard InChI is InChI=1S/C13H22N4O/c1-9(2)13(3,4)8-16-12(18)10-5-6-15-7-11(10)17-14/h5-7,9,17H,8,14H2,1-4H3,(H,16,18). The number of aromatic nitrogens is 1. The molecular weight excluding hydrogens is 228 g/mol. The molecule has 1 heterocycles. The first-order valence-electron chi connectivity index (χ1n) is 6.07. The fourth-order valence-electron chi connectivity index (χ4n) is 1.31. The van der Waals surface area contributed by atoms with Crippen LogP contribution in [0.1, 0.15) is 38.1 Å². The minimum absolute atomic E-state index is 0.0546. The number of nitrogen functional groups attached to an aromatic ring is 1. The molecule has 18 heavy (non-hydrogen) atoms. The number of nitrogens with two attached hydrogens (primary N) is 1. The second-order valence-electron chi connectivity index (χ2n) is 5.39. The summed E-state index contributed by atoms with van der Waals surface area (Å²) < 4.78 is 0. The van der Waals surface area contributed by atoms with Crippen LogP contribution in [-0.4, -0.2) is 17.4 Å². The van der Waals surface area contributed by atoms with Gasteiger partial charge in [-0.2, -0.15) is 0 Å². The van der Waals surface area contributed by atoms with Crippen molar-refractivity contribution in [2.45, 2.75) is 27.7 Å². The summed E-state index contributed by atoms with van der Waals surface area (Å²) in [5, 5.41) is 2.93. The molecule has 0 unspecified atom stereocenters. The van der Waals surface area contributed by atoms with Crippen LogP contribution in [0.5, 0.6) is 0 Å². The molecule has 0 aromatic carbocycles. The lowest BCUT2D eigenvalue weighted by Crippen LogP contribution is -2.37. The summed E-state index contributed by atoms with van der Waals surface area (Å²) in [6.07, 6.45) is 3.10. The molecular formula is C13H22N4O. The van der Waals surface area contributed by atoms with Crippen molar-refractivity contribution in [1.29, 1.82) is 0 Å². The lowest BCUT2D eigenvalue weighted by molar-refractivity contribution is 0.0925. The van der Waals surface area contributed by atoms with Gasteiger partial charge in [0, 0.05) is 12.7 Å². The van der Waals surface area contributed by atoms with E-state index in [1.807, 2.05) is 0 Å². The molecule has 0 aliphatic rings. The third kappa shape index (κ3) is 3.43. The van der Waals surface area contributed by atoms with Crippen LogP contribution in [0.2, 0.25) is 0 Å². The molecule has 0 saturated heterocycles. The maximum absolute atomic E-state index is 12.1. The van der Waals surface area contributed by atoms with Crippen molar-refractivity contribution in [2.75, 3.05) is 12.0 Å². The van der Waals surface area contributed by atoms with Crippen LogP contribution < -0.4 is 16.6 Å². The number of hydrogen-bond donors (Lipinski definition) is 3. The number of carbonyl (C=O) groups excluding carboxylic acids is 1. The Balaban J connectivity index is 2.72. The lowest BCUT2D eigenvalue weighted by atomic mass is 9.81. The summed E-state index contributed by atoms with van der Waals surface area (Å²) in [5.41, 5.74) is 3.56. The number of hydrazine groups is 1. The highest BCUT2D eigenvalue weighted by Gasteiger charge is 2.23. The number of hydrogen-bond acceptors (Lipinski definition) is 4. The summed E-state index contributed by atoms with van der Waals surface area (Å²) in [4.78, 5) is 16.0. The van der Waals surface area contributed by atoms with Crippen molar-refractivity contribution in [2.24, 2.45) is 17.2 Å². The van der Waals surface area contributed by atoms with Crippen molar-refractivity contribution in [3.05, 3.63) is 24.0 Å². The van der Waals surface area contributed by atoms with Gasteiger partial charge < -0.3 is 10.7 Å². The third-order valence-corrected chi connectivity index (χ3v) is 3.49. The normalized spacial score (nSPS) is 11.4. The average Bonchev–Trinajstić information content (AvgIpc) is 2.35. The van der Waals surface area contributed by atoms with E-state index >= 15 is 0 Å². The van der Waals surface area contributed by atoms with Gasteiger partial charge in [-0.3, -0.25) is 15.6 Å². The molecule has 4 N–H and O–H groups in total. The molecule has 1 rings (SSSR count). The molecule has 0 fully saturated rings. The van der Waals surface area contributed by atoms with E-state index in [4.69, 9.17) is 5.84 Å². The topological polar surface area (TPSA) is 80.0 Å². The minimum atomic E-state index is -0.140. The molecule has 0 bridgehead atoms. The fraction of sp³-hybridized carbons (Fsp3) is 0.538. The van der Waals surface area contributed by atoms with E-state index < -0.39 is 0 Å². The molecule has 0 aliphatic carbocycles. The van der Waals surface area contributed by atoms with Gasteiger partial charge in [0.15, 0.2) is 0 Å². The zero-order chi connectivity index (χ0) is 13.8. The minimum Gasteiger partial charge on any atom is -0.351 e. The van der Waals surface area contributed by atoms with Crippen LogP contribution >= 0.6 is 0 Å². The van der Waals surface area contributed by atoms with Crippen molar-refractivity contribution in [3.63, 3.8) is 0 Å². The van der Waals surface area contributed by atoms with Crippen LogP contribution in [0.25, 0.3) is 0 Å². The molecule has 100 valence electrons. The summed E-state index contributed by atoms with van der Waals surface area (Å²) in [7, 11) is 0. The Labute approximate surface area is 108 Å². The van der Waals surface area contributed by atoms with Crippen molar-refractivity contribution >= 4 is 11.6 Å². The second kappa shape index (κ2) is 5.82. The summed E-state index contributed by atoms with van der Waals surface area (Å²) >= 11 is 0. The Kier molecular flexibility index (Phi) is 4.67. The van der Waals surface area contributed by atoms with Crippen LogP contribution in [-0.2, 0) is 0 Å². The van der Waals surface area contributed by atoms with Crippen LogP contribution in [0.15, 0.2) is 18.5 Å². The molecule has 0 aliphatic heterocycles. The summed E-state index contributed by atoms with van der Waals surface area (Å²) in [6.45, 7) is 9.17. The van der Waals surface area contributed by atoms with E-state index in [9.17, 15) is 4.79 Å². The quantitative estimate of drug-likeness (QED) is 0.549. The van der Waals surface area contributed by atoms with Crippen LogP contribution in [0, 0.1) is 11.3 Å². The van der Waals surface area contributed by atoms with Crippen molar-refractivity contribution in [1.82, 2.24) is 10.3 Å². The van der Waals surface area contributed by atoms with E-state index in [0.717, 1.165) is 0 Å². The van der Waals surface area contributed by atoms with Gasteiger partial charge >= 0.3 is 0 Å². The molecule has 0 radical (unpaired) electrons. The molecule has 1 aromatic heterocycles. The second-order valence-corrected chi connectivity index (χ2v) is 5.39. The Bertz CT molecular complexity index is 415. The maximum Gasteiger partial charge on any atom is 0.253 e. The number of carbonyl (C=O) groups is 1. The Morgan fingerprint density at radius 2 is 2.17 bits per heavy atom. The van der Waals surface area contributed by atoms with Gasteiger partial charge in [0.2, 0.25) is 0 Å². The largest absolute Gasteiger partial charge is 0.351 e.